The van der Waals surface area contributed by atoms with Crippen LogP contribution in [-0.2, 0) is 9.53 Å². The smallest absolute Gasteiger partial charge is 0.312 e. The number of fused-ring (bicyclic) bond motifs is 3. The van der Waals surface area contributed by atoms with Gasteiger partial charge in [-0.05, 0) is 74.7 Å². The average molecular weight is 331 g/mol. The van der Waals surface area contributed by atoms with E-state index >= 15 is 0 Å². The first-order valence-corrected chi connectivity index (χ1v) is 9.90. The number of hydrogen-bond acceptors (Lipinski definition) is 2. The molecule has 0 amide bonds. The highest BCUT2D eigenvalue weighted by molar-refractivity contribution is 5.77. The van der Waals surface area contributed by atoms with E-state index in [1.165, 1.54) is 19.3 Å². The summed E-state index contributed by atoms with van der Waals surface area (Å²) in [6, 6.07) is 0. The lowest BCUT2D eigenvalue weighted by atomic mass is 9.47. The van der Waals surface area contributed by atoms with Gasteiger partial charge in [0.25, 0.3) is 0 Å². The molecule has 0 unspecified atom stereocenters. The van der Waals surface area contributed by atoms with Crippen LogP contribution in [0.2, 0.25) is 0 Å². The lowest BCUT2D eigenvalue weighted by molar-refractivity contribution is -0.168. The minimum absolute atomic E-state index is 0.0343. The first kappa shape index (κ1) is 17.8. The Bertz CT molecular complexity index is 571. The lowest BCUT2D eigenvalue weighted by Gasteiger charge is -2.57. The molecule has 3 aliphatic carbocycles. The Kier molecular flexibility index (Phi) is 4.70. The molecule has 4 atom stereocenters. The summed E-state index contributed by atoms with van der Waals surface area (Å²) in [5.41, 5.74) is 3.08. The van der Waals surface area contributed by atoms with E-state index in [0.29, 0.717) is 24.4 Å². The van der Waals surface area contributed by atoms with Crippen LogP contribution >= 0.6 is 0 Å². The van der Waals surface area contributed by atoms with E-state index in [1.807, 2.05) is 6.92 Å². The van der Waals surface area contributed by atoms with E-state index in [0.717, 1.165) is 19.3 Å². The van der Waals surface area contributed by atoms with Gasteiger partial charge in [-0.2, -0.15) is 0 Å². The van der Waals surface area contributed by atoms with Crippen LogP contribution in [0.1, 0.15) is 73.1 Å². The van der Waals surface area contributed by atoms with E-state index in [1.54, 1.807) is 11.1 Å². The fourth-order valence-electron chi connectivity index (χ4n) is 5.88. The Morgan fingerprint density at radius 2 is 2.08 bits per heavy atom. The van der Waals surface area contributed by atoms with Gasteiger partial charge in [-0.1, -0.05) is 44.9 Å². The number of rotatable bonds is 3. The number of carbonyl (C=O) groups is 1. The van der Waals surface area contributed by atoms with Crippen molar-refractivity contribution in [3.63, 3.8) is 0 Å². The van der Waals surface area contributed by atoms with Gasteiger partial charge in [0.1, 0.15) is 0 Å². The predicted molar refractivity (Wildman–Crippen MR) is 98.5 cm³/mol. The summed E-state index contributed by atoms with van der Waals surface area (Å²) in [5.74, 6) is 1.72. The first-order chi connectivity index (χ1) is 11.3. The summed E-state index contributed by atoms with van der Waals surface area (Å²) < 4.78 is 5.49. The number of ether oxygens (including phenoxy) is 1. The zero-order chi connectivity index (χ0) is 17.5. The molecule has 0 aliphatic heterocycles. The fourth-order valence-corrected chi connectivity index (χ4v) is 5.88. The van der Waals surface area contributed by atoms with Crippen molar-refractivity contribution in [3.05, 3.63) is 23.3 Å². The predicted octanol–water partition coefficient (Wildman–Crippen LogP) is 5.68. The maximum atomic E-state index is 12.8. The molecular formula is C22H34O2. The Hall–Kier alpha value is -1.05. The van der Waals surface area contributed by atoms with Crippen LogP contribution in [0.25, 0.3) is 0 Å². The van der Waals surface area contributed by atoms with Gasteiger partial charge in [0.2, 0.25) is 0 Å². The van der Waals surface area contributed by atoms with E-state index in [4.69, 9.17) is 4.74 Å². The molecule has 0 aromatic carbocycles. The Balaban J connectivity index is 1.96. The molecule has 0 bridgehead atoms. The molecule has 0 saturated heterocycles. The highest BCUT2D eigenvalue weighted by Crippen LogP contribution is 2.62. The molecule has 0 aromatic rings. The van der Waals surface area contributed by atoms with Gasteiger partial charge in [-0.15, -0.1) is 0 Å². The summed E-state index contributed by atoms with van der Waals surface area (Å²) in [7, 11) is 0. The molecule has 1 fully saturated rings. The van der Waals surface area contributed by atoms with Crippen molar-refractivity contribution in [1.82, 2.24) is 0 Å². The van der Waals surface area contributed by atoms with Gasteiger partial charge < -0.3 is 4.74 Å². The van der Waals surface area contributed by atoms with Crippen LogP contribution in [0.15, 0.2) is 23.3 Å². The molecule has 0 heterocycles. The van der Waals surface area contributed by atoms with Crippen molar-refractivity contribution >= 4 is 5.97 Å². The van der Waals surface area contributed by atoms with Crippen LogP contribution in [0, 0.1) is 28.6 Å². The van der Waals surface area contributed by atoms with Crippen LogP contribution in [0.3, 0.4) is 0 Å². The number of carbonyl (C=O) groups excluding carboxylic acids is 1. The third kappa shape index (κ3) is 2.66. The summed E-state index contributed by atoms with van der Waals surface area (Å²) in [6.07, 6.45) is 11.8. The SMILES string of the molecule is CCOC(=O)[C@]1(C)CCC[C@]2(C)[C@@H]3CCC(C(C)C)=CC3=CC[C@@H]21. The third-order valence-corrected chi connectivity index (χ3v) is 7.32. The minimum Gasteiger partial charge on any atom is -0.466 e. The molecule has 0 N–H and O–H groups in total. The van der Waals surface area contributed by atoms with Crippen LogP contribution in [-0.4, -0.2) is 12.6 Å². The standard InChI is InChI=1S/C22H34O2/c1-6-24-20(23)22(5)13-7-12-21(4)18-10-8-16(15(2)3)14-17(18)9-11-19(21)22/h9,14-15,18-19H,6-8,10-13H2,1-5H3/t18-,19+,21-,22-/m1/s1. The van der Waals surface area contributed by atoms with Crippen molar-refractivity contribution in [1.29, 1.82) is 0 Å². The second-order valence-corrected chi connectivity index (χ2v) is 8.95. The fraction of sp³-hybridized carbons (Fsp3) is 0.773. The third-order valence-electron chi connectivity index (χ3n) is 7.32. The molecule has 0 spiro atoms. The molecule has 2 heteroatoms. The zero-order valence-electron chi connectivity index (χ0n) is 16.2. The highest BCUT2D eigenvalue weighted by atomic mass is 16.5. The van der Waals surface area contributed by atoms with Crippen molar-refractivity contribution in [2.75, 3.05) is 6.61 Å². The highest BCUT2D eigenvalue weighted by Gasteiger charge is 2.57. The van der Waals surface area contributed by atoms with Crippen molar-refractivity contribution in [2.24, 2.45) is 28.6 Å². The molecule has 1 saturated carbocycles. The molecule has 3 rings (SSSR count). The van der Waals surface area contributed by atoms with Crippen LogP contribution in [0.5, 0.6) is 0 Å². The van der Waals surface area contributed by atoms with Crippen molar-refractivity contribution < 1.29 is 9.53 Å². The van der Waals surface area contributed by atoms with Gasteiger partial charge >= 0.3 is 5.97 Å². The molecule has 3 aliphatic rings. The quantitative estimate of drug-likeness (QED) is 0.622. The second-order valence-electron chi connectivity index (χ2n) is 8.95. The second kappa shape index (κ2) is 6.35. The first-order valence-electron chi connectivity index (χ1n) is 9.90. The van der Waals surface area contributed by atoms with Gasteiger partial charge in [0.15, 0.2) is 0 Å². The molecule has 0 radical (unpaired) electrons. The van der Waals surface area contributed by atoms with Crippen molar-refractivity contribution in [2.45, 2.75) is 73.1 Å². The van der Waals surface area contributed by atoms with Crippen molar-refractivity contribution in [3.8, 4) is 0 Å². The Morgan fingerprint density at radius 3 is 2.75 bits per heavy atom. The summed E-state index contributed by atoms with van der Waals surface area (Å²) in [5, 5.41) is 0. The summed E-state index contributed by atoms with van der Waals surface area (Å²) in [4.78, 5) is 12.8. The van der Waals surface area contributed by atoms with Gasteiger partial charge in [0, 0.05) is 0 Å². The molecular weight excluding hydrogens is 296 g/mol. The maximum absolute atomic E-state index is 12.8. The van der Waals surface area contributed by atoms with E-state index in [2.05, 4.69) is 39.8 Å². The normalized spacial score (nSPS) is 38.8. The van der Waals surface area contributed by atoms with Gasteiger partial charge in [0.05, 0.1) is 12.0 Å². The summed E-state index contributed by atoms with van der Waals surface area (Å²) in [6.45, 7) is 11.6. The van der Waals surface area contributed by atoms with E-state index < -0.39 is 0 Å². The molecule has 0 aromatic heterocycles. The van der Waals surface area contributed by atoms with Crippen LogP contribution in [0.4, 0.5) is 0 Å². The number of allylic oxidation sites excluding steroid dienone is 4. The molecule has 24 heavy (non-hydrogen) atoms. The molecule has 2 nitrogen and oxygen atoms in total. The minimum atomic E-state index is -0.312. The number of hydrogen-bond donors (Lipinski definition) is 0. The van der Waals surface area contributed by atoms with Gasteiger partial charge in [-0.3, -0.25) is 4.79 Å². The van der Waals surface area contributed by atoms with E-state index in [9.17, 15) is 4.79 Å². The zero-order valence-corrected chi connectivity index (χ0v) is 16.2. The van der Waals surface area contributed by atoms with E-state index in [-0.39, 0.29) is 16.8 Å². The monoisotopic (exact) mass is 330 g/mol. The topological polar surface area (TPSA) is 26.3 Å². The Morgan fingerprint density at radius 1 is 1.33 bits per heavy atom. The maximum Gasteiger partial charge on any atom is 0.312 e. The average Bonchev–Trinajstić information content (AvgIpc) is 2.54. The number of esters is 1. The Labute approximate surface area is 147 Å². The largest absolute Gasteiger partial charge is 0.466 e. The lowest BCUT2D eigenvalue weighted by Crippen LogP contribution is -2.53. The summed E-state index contributed by atoms with van der Waals surface area (Å²) >= 11 is 0. The molecule has 134 valence electrons. The van der Waals surface area contributed by atoms with Crippen LogP contribution < -0.4 is 0 Å². The van der Waals surface area contributed by atoms with Gasteiger partial charge in [-0.25, -0.2) is 0 Å².